The molecule has 1 amide bonds. The molecule has 1 aromatic heterocycles. The lowest BCUT2D eigenvalue weighted by Crippen LogP contribution is -2.29. The highest BCUT2D eigenvalue weighted by Crippen LogP contribution is 2.21. The molecule has 0 atom stereocenters. The Bertz CT molecular complexity index is 931. The molecule has 0 saturated heterocycles. The van der Waals surface area contributed by atoms with Crippen LogP contribution in [0.15, 0.2) is 60.7 Å². The van der Waals surface area contributed by atoms with Crippen LogP contribution < -0.4 is 14.8 Å². The van der Waals surface area contributed by atoms with Crippen molar-refractivity contribution >= 4 is 5.91 Å². The van der Waals surface area contributed by atoms with Gasteiger partial charge in [0.25, 0.3) is 0 Å². The third-order valence-corrected chi connectivity index (χ3v) is 4.08. The van der Waals surface area contributed by atoms with Gasteiger partial charge in [-0.25, -0.2) is 4.39 Å². The van der Waals surface area contributed by atoms with Crippen LogP contribution in [0.5, 0.6) is 11.6 Å². The second kappa shape index (κ2) is 10.2. The average molecular weight is 395 g/mol. The van der Waals surface area contributed by atoms with E-state index < -0.39 is 0 Å². The van der Waals surface area contributed by atoms with Crippen molar-refractivity contribution in [3.8, 4) is 22.9 Å². The Hall–Kier alpha value is -3.48. The molecule has 0 radical (unpaired) electrons. The number of nitrogens with one attached hydrogen (secondary N) is 1. The van der Waals surface area contributed by atoms with Gasteiger partial charge in [-0.05, 0) is 48.9 Å². The first-order valence-corrected chi connectivity index (χ1v) is 9.35. The summed E-state index contributed by atoms with van der Waals surface area (Å²) < 4.78 is 24.5. The highest BCUT2D eigenvalue weighted by molar-refractivity contribution is 5.78. The Kier molecular flexibility index (Phi) is 7.10. The van der Waals surface area contributed by atoms with Crippen molar-refractivity contribution < 1.29 is 18.7 Å². The molecule has 3 rings (SSSR count). The van der Waals surface area contributed by atoms with E-state index in [0.29, 0.717) is 18.1 Å². The fraction of sp³-hybridized carbons (Fsp3) is 0.227. The minimum atomic E-state index is -0.387. The van der Waals surface area contributed by atoms with Crippen LogP contribution in [0.3, 0.4) is 0 Å². The van der Waals surface area contributed by atoms with Crippen LogP contribution in [0.1, 0.15) is 12.5 Å². The van der Waals surface area contributed by atoms with Crippen LogP contribution in [-0.4, -0.2) is 35.9 Å². The molecule has 2 aromatic carbocycles. The molecule has 150 valence electrons. The van der Waals surface area contributed by atoms with Gasteiger partial charge in [-0.2, -0.15) is 0 Å². The zero-order chi connectivity index (χ0) is 20.5. The minimum absolute atomic E-state index is 0.0107. The first-order chi connectivity index (χ1) is 14.2. The van der Waals surface area contributed by atoms with Crippen molar-refractivity contribution in [2.75, 3.05) is 19.8 Å². The van der Waals surface area contributed by atoms with Gasteiger partial charge in [-0.1, -0.05) is 18.2 Å². The van der Waals surface area contributed by atoms with E-state index in [-0.39, 0.29) is 31.3 Å². The monoisotopic (exact) mass is 395 g/mol. The number of rotatable bonds is 9. The SMILES string of the molecule is CCOc1ccc(-c2ccc(OCCNC(=O)Cc3ccccc3F)nn2)cc1. The quantitative estimate of drug-likeness (QED) is 0.562. The Labute approximate surface area is 168 Å². The van der Waals surface area contributed by atoms with Gasteiger partial charge in [0.15, 0.2) is 0 Å². The smallest absolute Gasteiger partial charge is 0.233 e. The van der Waals surface area contributed by atoms with Crippen molar-refractivity contribution in [3.63, 3.8) is 0 Å². The fourth-order valence-corrected chi connectivity index (χ4v) is 2.66. The first kappa shape index (κ1) is 20.3. The van der Waals surface area contributed by atoms with Gasteiger partial charge < -0.3 is 14.8 Å². The third kappa shape index (κ3) is 6.00. The van der Waals surface area contributed by atoms with Crippen LogP contribution in [-0.2, 0) is 11.2 Å². The maximum atomic E-state index is 13.5. The molecule has 1 heterocycles. The summed E-state index contributed by atoms with van der Waals surface area (Å²) in [5, 5.41) is 10.9. The summed E-state index contributed by atoms with van der Waals surface area (Å²) in [4.78, 5) is 11.9. The van der Waals surface area contributed by atoms with Gasteiger partial charge in [0.2, 0.25) is 11.8 Å². The number of aromatic nitrogens is 2. The minimum Gasteiger partial charge on any atom is -0.494 e. The number of carbonyl (C=O) groups excluding carboxylic acids is 1. The Morgan fingerprint density at radius 1 is 1.00 bits per heavy atom. The molecule has 0 bridgehead atoms. The maximum Gasteiger partial charge on any atom is 0.233 e. The molecule has 0 aliphatic carbocycles. The molecular formula is C22H22FN3O3. The van der Waals surface area contributed by atoms with Crippen molar-refractivity contribution in [2.24, 2.45) is 0 Å². The highest BCUT2D eigenvalue weighted by Gasteiger charge is 2.07. The first-order valence-electron chi connectivity index (χ1n) is 9.35. The van der Waals surface area contributed by atoms with E-state index in [2.05, 4.69) is 15.5 Å². The molecule has 0 fully saturated rings. The van der Waals surface area contributed by atoms with E-state index >= 15 is 0 Å². The molecule has 0 unspecified atom stereocenters. The van der Waals surface area contributed by atoms with Gasteiger partial charge in [0.05, 0.1) is 25.3 Å². The second-order valence-corrected chi connectivity index (χ2v) is 6.18. The van der Waals surface area contributed by atoms with Crippen molar-refractivity contribution in [2.45, 2.75) is 13.3 Å². The number of ether oxygens (including phenoxy) is 2. The lowest BCUT2D eigenvalue weighted by Gasteiger charge is -2.08. The number of benzene rings is 2. The van der Waals surface area contributed by atoms with Crippen LogP contribution in [0.25, 0.3) is 11.3 Å². The number of nitrogens with zero attached hydrogens (tertiary/aromatic N) is 2. The topological polar surface area (TPSA) is 73.3 Å². The lowest BCUT2D eigenvalue weighted by molar-refractivity contribution is -0.120. The summed E-state index contributed by atoms with van der Waals surface area (Å²) in [5.41, 5.74) is 2.01. The van der Waals surface area contributed by atoms with Crippen LogP contribution in [0.2, 0.25) is 0 Å². The van der Waals surface area contributed by atoms with Crippen molar-refractivity contribution in [3.05, 3.63) is 72.0 Å². The molecule has 1 N–H and O–H groups in total. The lowest BCUT2D eigenvalue weighted by atomic mass is 10.1. The largest absolute Gasteiger partial charge is 0.494 e. The second-order valence-electron chi connectivity index (χ2n) is 6.18. The van der Waals surface area contributed by atoms with E-state index in [4.69, 9.17) is 9.47 Å². The van der Waals surface area contributed by atoms with E-state index in [0.717, 1.165) is 17.0 Å². The summed E-state index contributed by atoms with van der Waals surface area (Å²) in [6, 6.07) is 17.4. The van der Waals surface area contributed by atoms with Gasteiger partial charge >= 0.3 is 0 Å². The summed E-state index contributed by atoms with van der Waals surface area (Å²) in [7, 11) is 0. The van der Waals surface area contributed by atoms with Gasteiger partial charge in [0.1, 0.15) is 18.2 Å². The number of hydrogen-bond donors (Lipinski definition) is 1. The van der Waals surface area contributed by atoms with Crippen LogP contribution >= 0.6 is 0 Å². The summed E-state index contributed by atoms with van der Waals surface area (Å²) in [6.45, 7) is 3.08. The zero-order valence-electron chi connectivity index (χ0n) is 16.1. The van der Waals surface area contributed by atoms with Crippen LogP contribution in [0, 0.1) is 5.82 Å². The molecule has 0 spiro atoms. The number of halogens is 1. The number of amides is 1. The molecule has 0 saturated carbocycles. The Balaban J connectivity index is 1.43. The summed E-state index contributed by atoms with van der Waals surface area (Å²) >= 11 is 0. The van der Waals surface area contributed by atoms with Gasteiger partial charge in [0, 0.05) is 11.6 Å². The average Bonchev–Trinajstić information content (AvgIpc) is 2.74. The van der Waals surface area contributed by atoms with Crippen LogP contribution in [0.4, 0.5) is 4.39 Å². The van der Waals surface area contributed by atoms with E-state index in [1.165, 1.54) is 6.07 Å². The Morgan fingerprint density at radius 3 is 2.48 bits per heavy atom. The third-order valence-electron chi connectivity index (χ3n) is 4.08. The van der Waals surface area contributed by atoms with Crippen molar-refractivity contribution in [1.29, 1.82) is 0 Å². The molecule has 6 nitrogen and oxygen atoms in total. The molecule has 3 aromatic rings. The number of hydrogen-bond acceptors (Lipinski definition) is 5. The van der Waals surface area contributed by atoms with E-state index in [9.17, 15) is 9.18 Å². The predicted octanol–water partition coefficient (Wildman–Crippen LogP) is 3.42. The zero-order valence-corrected chi connectivity index (χ0v) is 16.1. The maximum absolute atomic E-state index is 13.5. The van der Waals surface area contributed by atoms with Gasteiger partial charge in [-0.3, -0.25) is 4.79 Å². The highest BCUT2D eigenvalue weighted by atomic mass is 19.1. The normalized spacial score (nSPS) is 10.4. The van der Waals surface area contributed by atoms with Gasteiger partial charge in [-0.15, -0.1) is 10.2 Å². The standard InChI is InChI=1S/C22H22FN3O3/c1-2-28-18-9-7-16(8-10-18)20-11-12-22(26-25-20)29-14-13-24-21(27)15-17-5-3-4-6-19(17)23/h3-12H,2,13-15H2,1H3,(H,24,27). The van der Waals surface area contributed by atoms with Crippen molar-refractivity contribution in [1.82, 2.24) is 15.5 Å². The molecule has 0 aliphatic heterocycles. The summed E-state index contributed by atoms with van der Waals surface area (Å²) in [6.07, 6.45) is -0.0107. The molecule has 7 heteroatoms. The molecule has 0 aliphatic rings. The van der Waals surface area contributed by atoms with E-state index in [1.807, 2.05) is 37.3 Å². The fourth-order valence-electron chi connectivity index (χ4n) is 2.66. The Morgan fingerprint density at radius 2 is 1.79 bits per heavy atom. The van der Waals surface area contributed by atoms with E-state index in [1.54, 1.807) is 24.3 Å². The molecular weight excluding hydrogens is 373 g/mol. The molecule has 29 heavy (non-hydrogen) atoms. The summed E-state index contributed by atoms with van der Waals surface area (Å²) in [5.74, 6) is 0.515. The predicted molar refractivity (Wildman–Crippen MR) is 107 cm³/mol. The number of carbonyl (C=O) groups is 1.